The van der Waals surface area contributed by atoms with E-state index in [-0.39, 0.29) is 23.7 Å². The van der Waals surface area contributed by atoms with Gasteiger partial charge in [-0.3, -0.25) is 9.48 Å². The lowest BCUT2D eigenvalue weighted by Gasteiger charge is -2.56. The van der Waals surface area contributed by atoms with Gasteiger partial charge in [0, 0.05) is 11.5 Å². The molecule has 4 nitrogen and oxygen atoms in total. The number of nitrogens with one attached hydrogen (secondary N) is 1. The first-order valence-electron chi connectivity index (χ1n) is 9.66. The van der Waals surface area contributed by atoms with Crippen molar-refractivity contribution in [1.82, 2.24) is 15.1 Å². The number of carbonyl (C=O) groups excluding carboxylic acids is 1. The maximum Gasteiger partial charge on any atom is 0.280 e. The van der Waals surface area contributed by atoms with Gasteiger partial charge in [-0.15, -0.1) is 0 Å². The zero-order chi connectivity index (χ0) is 17.2. The number of hydrogen-bond acceptors (Lipinski definition) is 2. The van der Waals surface area contributed by atoms with Crippen LogP contribution >= 0.6 is 0 Å². The Hall–Kier alpha value is -1.46. The van der Waals surface area contributed by atoms with E-state index in [9.17, 15) is 13.6 Å². The molecule has 0 saturated heterocycles. The molecule has 5 fully saturated rings. The summed E-state index contributed by atoms with van der Waals surface area (Å²) in [6, 6.07) is 1.49. The molecule has 136 valence electrons. The van der Waals surface area contributed by atoms with Gasteiger partial charge in [0.1, 0.15) is 12.2 Å². The molecule has 1 heterocycles. The normalized spacial score (nSPS) is 36.2. The lowest BCUT2D eigenvalue weighted by atomic mass is 9.53. The molecule has 5 aliphatic carbocycles. The van der Waals surface area contributed by atoms with Crippen molar-refractivity contribution in [3.05, 3.63) is 17.5 Å². The first-order chi connectivity index (χ1) is 12.0. The fraction of sp³-hybridized carbons (Fsp3) is 0.789. The van der Waals surface area contributed by atoms with Crippen LogP contribution in [0.25, 0.3) is 0 Å². The summed E-state index contributed by atoms with van der Waals surface area (Å²) in [4.78, 5) is 12.6. The highest BCUT2D eigenvalue weighted by Gasteiger charge is 2.51. The fourth-order valence-electron chi connectivity index (χ4n) is 6.07. The molecule has 6 rings (SSSR count). The number of hydrogen-bond donors (Lipinski definition) is 1. The fourth-order valence-corrected chi connectivity index (χ4v) is 6.07. The van der Waals surface area contributed by atoms with Crippen molar-refractivity contribution in [2.45, 2.75) is 75.8 Å². The molecule has 1 amide bonds. The number of amides is 1. The molecule has 6 heteroatoms. The van der Waals surface area contributed by atoms with Crippen LogP contribution in [-0.2, 0) is 11.3 Å². The second kappa shape index (κ2) is 5.52. The molecule has 4 bridgehead atoms. The van der Waals surface area contributed by atoms with E-state index in [1.54, 1.807) is 0 Å². The first kappa shape index (κ1) is 15.8. The van der Waals surface area contributed by atoms with E-state index in [1.165, 1.54) is 30.0 Å². The number of rotatable bonds is 5. The summed E-state index contributed by atoms with van der Waals surface area (Å²) < 4.78 is 27.8. The average molecular weight is 349 g/mol. The van der Waals surface area contributed by atoms with E-state index in [0.29, 0.717) is 5.92 Å². The van der Waals surface area contributed by atoms with E-state index >= 15 is 0 Å². The average Bonchev–Trinajstić information content (AvgIpc) is 3.26. The number of halogens is 2. The van der Waals surface area contributed by atoms with E-state index in [2.05, 4.69) is 10.4 Å². The van der Waals surface area contributed by atoms with Crippen LogP contribution in [0.5, 0.6) is 0 Å². The predicted octanol–water partition coefficient (Wildman–Crippen LogP) is 3.78. The Bertz CT molecular complexity index is 660. The standard InChI is InChI=1S/C19H25F2N3O/c20-18(21)16-6-15(14-1-2-14)23-24(16)10-17(25)22-19-7-11-3-12(8-19)5-13(4-11)9-19/h6,11-14,18H,1-5,7-10H2,(H,22,25). The minimum atomic E-state index is -2.59. The predicted molar refractivity (Wildman–Crippen MR) is 88.2 cm³/mol. The van der Waals surface area contributed by atoms with E-state index in [4.69, 9.17) is 0 Å². The Morgan fingerprint density at radius 1 is 1.20 bits per heavy atom. The van der Waals surface area contributed by atoms with Gasteiger partial charge in [-0.05, 0) is 75.2 Å². The Labute approximate surface area is 146 Å². The molecule has 0 unspecified atom stereocenters. The van der Waals surface area contributed by atoms with Gasteiger partial charge >= 0.3 is 0 Å². The van der Waals surface area contributed by atoms with Gasteiger partial charge in [-0.25, -0.2) is 8.78 Å². The third kappa shape index (κ3) is 2.87. The second-order valence-corrected chi connectivity index (χ2v) is 8.97. The van der Waals surface area contributed by atoms with Gasteiger partial charge in [0.15, 0.2) is 0 Å². The molecular formula is C19H25F2N3O. The Morgan fingerprint density at radius 2 is 1.80 bits per heavy atom. The molecule has 5 saturated carbocycles. The SMILES string of the molecule is O=C(Cn1nc(C2CC2)cc1C(F)F)NC12CC3CC(CC(C3)C1)C2. The van der Waals surface area contributed by atoms with Gasteiger partial charge in [0.25, 0.3) is 6.43 Å². The van der Waals surface area contributed by atoms with Crippen molar-refractivity contribution in [1.29, 1.82) is 0 Å². The molecule has 0 atom stereocenters. The zero-order valence-electron chi connectivity index (χ0n) is 14.4. The number of carbonyl (C=O) groups is 1. The Balaban J connectivity index is 1.31. The van der Waals surface area contributed by atoms with Crippen LogP contribution in [0, 0.1) is 17.8 Å². The van der Waals surface area contributed by atoms with Gasteiger partial charge in [0.2, 0.25) is 5.91 Å². The maximum absolute atomic E-state index is 13.3. The van der Waals surface area contributed by atoms with Crippen LogP contribution in [0.3, 0.4) is 0 Å². The summed E-state index contributed by atoms with van der Waals surface area (Å²) >= 11 is 0. The summed E-state index contributed by atoms with van der Waals surface area (Å²) in [6.07, 6.45) is 6.58. The van der Waals surface area contributed by atoms with Crippen LogP contribution in [0.15, 0.2) is 6.07 Å². The molecule has 1 N–H and O–H groups in total. The lowest BCUT2D eigenvalue weighted by molar-refractivity contribution is -0.127. The van der Waals surface area contributed by atoms with Crippen molar-refractivity contribution in [3.63, 3.8) is 0 Å². The van der Waals surface area contributed by atoms with E-state index in [0.717, 1.165) is 55.6 Å². The highest BCUT2D eigenvalue weighted by molar-refractivity contribution is 5.76. The zero-order valence-corrected chi connectivity index (χ0v) is 14.4. The highest BCUT2D eigenvalue weighted by atomic mass is 19.3. The molecule has 1 aromatic rings. The van der Waals surface area contributed by atoms with Crippen molar-refractivity contribution in [3.8, 4) is 0 Å². The first-order valence-corrected chi connectivity index (χ1v) is 9.66. The molecule has 0 radical (unpaired) electrons. The third-order valence-electron chi connectivity index (χ3n) is 6.79. The van der Waals surface area contributed by atoms with Crippen LogP contribution in [0.2, 0.25) is 0 Å². The number of alkyl halides is 2. The minimum absolute atomic E-state index is 0.0801. The largest absolute Gasteiger partial charge is 0.349 e. The molecule has 5 aliphatic rings. The quantitative estimate of drug-likeness (QED) is 0.879. The molecule has 0 spiro atoms. The minimum Gasteiger partial charge on any atom is -0.349 e. The van der Waals surface area contributed by atoms with Crippen molar-refractivity contribution in [2.24, 2.45) is 17.8 Å². The van der Waals surface area contributed by atoms with Gasteiger partial charge in [-0.1, -0.05) is 0 Å². The molecule has 0 aromatic carbocycles. The highest BCUT2D eigenvalue weighted by Crippen LogP contribution is 2.55. The Kier molecular flexibility index (Phi) is 3.48. The van der Waals surface area contributed by atoms with E-state index in [1.807, 2.05) is 0 Å². The van der Waals surface area contributed by atoms with Crippen molar-refractivity contribution < 1.29 is 13.6 Å². The molecule has 1 aromatic heterocycles. The maximum atomic E-state index is 13.3. The van der Waals surface area contributed by atoms with Crippen LogP contribution < -0.4 is 5.32 Å². The van der Waals surface area contributed by atoms with Crippen LogP contribution in [0.4, 0.5) is 8.78 Å². The van der Waals surface area contributed by atoms with Crippen molar-refractivity contribution in [2.75, 3.05) is 0 Å². The monoisotopic (exact) mass is 349 g/mol. The van der Waals surface area contributed by atoms with Gasteiger partial charge in [-0.2, -0.15) is 5.10 Å². The Morgan fingerprint density at radius 3 is 2.32 bits per heavy atom. The number of nitrogens with zero attached hydrogens (tertiary/aromatic N) is 2. The van der Waals surface area contributed by atoms with Crippen LogP contribution in [0.1, 0.15) is 75.1 Å². The topological polar surface area (TPSA) is 46.9 Å². The van der Waals surface area contributed by atoms with E-state index < -0.39 is 6.43 Å². The molecular weight excluding hydrogens is 324 g/mol. The second-order valence-electron chi connectivity index (χ2n) is 8.97. The lowest BCUT2D eigenvalue weighted by Crippen LogP contribution is -2.60. The smallest absolute Gasteiger partial charge is 0.280 e. The molecule has 0 aliphatic heterocycles. The van der Waals surface area contributed by atoms with Gasteiger partial charge in [0.05, 0.1) is 5.69 Å². The summed E-state index contributed by atoms with van der Waals surface area (Å²) in [5, 5.41) is 7.55. The summed E-state index contributed by atoms with van der Waals surface area (Å²) in [5.74, 6) is 2.39. The molecule has 25 heavy (non-hydrogen) atoms. The number of aromatic nitrogens is 2. The van der Waals surface area contributed by atoms with Gasteiger partial charge < -0.3 is 5.32 Å². The summed E-state index contributed by atoms with van der Waals surface area (Å²) in [6.45, 7) is -0.0891. The summed E-state index contributed by atoms with van der Waals surface area (Å²) in [5.41, 5.74) is 0.518. The van der Waals surface area contributed by atoms with Crippen molar-refractivity contribution >= 4 is 5.91 Å². The third-order valence-corrected chi connectivity index (χ3v) is 6.79. The van der Waals surface area contributed by atoms with Crippen LogP contribution in [-0.4, -0.2) is 21.2 Å². The summed E-state index contributed by atoms with van der Waals surface area (Å²) in [7, 11) is 0.